The molecule has 3 rings (SSSR count). The lowest BCUT2D eigenvalue weighted by molar-refractivity contribution is 0.0240. The number of rotatable bonds is 5. The van der Waals surface area contributed by atoms with Crippen LogP contribution in [0.5, 0.6) is 0 Å². The van der Waals surface area contributed by atoms with Gasteiger partial charge in [0.15, 0.2) is 11.1 Å². The maximum atomic E-state index is 12.4. The minimum atomic E-state index is -0.483. The summed E-state index contributed by atoms with van der Waals surface area (Å²) in [6.45, 7) is 10.1. The maximum Gasteiger partial charge on any atom is 0.410 e. The van der Waals surface area contributed by atoms with Gasteiger partial charge in [-0.1, -0.05) is 0 Å². The lowest BCUT2D eigenvalue weighted by atomic mass is 10.2. The van der Waals surface area contributed by atoms with Gasteiger partial charge in [0.2, 0.25) is 0 Å². The summed E-state index contributed by atoms with van der Waals surface area (Å²) in [5, 5.41) is 3.05. The van der Waals surface area contributed by atoms with Gasteiger partial charge in [-0.05, 0) is 33.6 Å². The van der Waals surface area contributed by atoms with Gasteiger partial charge in [0.25, 0.3) is 0 Å². The number of halogens is 1. The Balaban J connectivity index is 0.00000280. The number of aromatic nitrogens is 1. The first-order chi connectivity index (χ1) is 12.8. The van der Waals surface area contributed by atoms with Crippen LogP contribution in [0.25, 0.3) is 0 Å². The molecule has 1 aliphatic carbocycles. The molecule has 0 radical (unpaired) electrons. The largest absolute Gasteiger partial charge is 0.444 e. The lowest BCUT2D eigenvalue weighted by Crippen LogP contribution is -2.51. The highest BCUT2D eigenvalue weighted by atomic mass is 127. The van der Waals surface area contributed by atoms with Gasteiger partial charge >= 0.3 is 6.09 Å². The molecular weight excluding hydrogens is 491 g/mol. The van der Waals surface area contributed by atoms with Crippen molar-refractivity contribution in [1.29, 1.82) is 0 Å². The third kappa shape index (κ3) is 6.64. The van der Waals surface area contributed by atoms with Crippen molar-refractivity contribution in [3.05, 3.63) is 11.6 Å². The quantitative estimate of drug-likeness (QED) is 0.364. The van der Waals surface area contributed by atoms with Gasteiger partial charge in [-0.15, -0.1) is 35.3 Å². The first kappa shape index (κ1) is 23.0. The molecule has 2 N–H and O–H groups in total. The van der Waals surface area contributed by atoms with Gasteiger partial charge in [-0.25, -0.2) is 9.78 Å². The Labute approximate surface area is 188 Å². The van der Waals surface area contributed by atoms with E-state index in [4.69, 9.17) is 10.5 Å². The summed E-state index contributed by atoms with van der Waals surface area (Å²) in [5.74, 6) is 0.550. The van der Waals surface area contributed by atoms with Gasteiger partial charge in [-0.3, -0.25) is 4.99 Å². The molecule has 2 aliphatic rings. The highest BCUT2D eigenvalue weighted by molar-refractivity contribution is 14.0. The van der Waals surface area contributed by atoms with Crippen LogP contribution in [0.1, 0.15) is 33.6 Å². The van der Waals surface area contributed by atoms with E-state index in [1.165, 1.54) is 0 Å². The van der Waals surface area contributed by atoms with Crippen molar-refractivity contribution in [2.75, 3.05) is 44.2 Å². The van der Waals surface area contributed by atoms with E-state index in [2.05, 4.69) is 19.8 Å². The molecule has 0 aromatic carbocycles. The zero-order chi connectivity index (χ0) is 19.4. The zero-order valence-electron chi connectivity index (χ0n) is 16.8. The smallest absolute Gasteiger partial charge is 0.410 e. The van der Waals surface area contributed by atoms with E-state index in [0.29, 0.717) is 19.0 Å². The molecule has 8 nitrogen and oxygen atoms in total. The fourth-order valence-corrected chi connectivity index (χ4v) is 3.70. The van der Waals surface area contributed by atoms with E-state index >= 15 is 0 Å². The average molecular weight is 522 g/mol. The Bertz CT molecular complexity index is 652. The van der Waals surface area contributed by atoms with Gasteiger partial charge < -0.3 is 25.2 Å². The van der Waals surface area contributed by atoms with Crippen molar-refractivity contribution in [1.82, 2.24) is 14.8 Å². The second kappa shape index (κ2) is 9.95. The van der Waals surface area contributed by atoms with Crippen LogP contribution in [-0.2, 0) is 4.74 Å². The van der Waals surface area contributed by atoms with Crippen LogP contribution >= 0.6 is 35.3 Å². The number of hydrogen-bond donors (Lipinski definition) is 1. The summed E-state index contributed by atoms with van der Waals surface area (Å²) in [6.07, 6.45) is 3.66. The Hall–Kier alpha value is -1.30. The molecule has 1 saturated carbocycles. The average Bonchev–Trinajstić information content (AvgIpc) is 3.29. The van der Waals surface area contributed by atoms with E-state index in [1.807, 2.05) is 32.3 Å². The molecule has 1 amide bonds. The van der Waals surface area contributed by atoms with Crippen LogP contribution in [0.3, 0.4) is 0 Å². The standard InChI is InChI=1S/C18H30N6O2S.HI/c1-18(2,3)26-17(25)24(14-4-5-14)8-6-20-15(19)22-9-11-23(12-10-22)16-21-7-13-27-16;/h7,13-14H,4-6,8-12H2,1-3H3,(H2,19,20);1H. The summed E-state index contributed by atoms with van der Waals surface area (Å²) < 4.78 is 5.51. The molecular formula is C18H31IN6O2S. The SMILES string of the molecule is CC(C)(C)OC(=O)N(CCN=C(N)N1CCN(c2nccs2)CC1)C1CC1.I. The number of thiazole rings is 1. The third-order valence-corrected chi connectivity index (χ3v) is 5.36. The Morgan fingerprint density at radius 1 is 1.36 bits per heavy atom. The number of piperazine rings is 1. The Kier molecular flexibility index (Phi) is 8.17. The van der Waals surface area contributed by atoms with Gasteiger partial charge in [-0.2, -0.15) is 0 Å². The van der Waals surface area contributed by atoms with Crippen molar-refractivity contribution >= 4 is 52.5 Å². The molecule has 0 bridgehead atoms. The predicted octanol–water partition coefficient (Wildman–Crippen LogP) is 2.60. The van der Waals surface area contributed by atoms with Crippen molar-refractivity contribution in [3.8, 4) is 0 Å². The Morgan fingerprint density at radius 2 is 2.04 bits per heavy atom. The normalized spacial score (nSPS) is 17.9. The minimum Gasteiger partial charge on any atom is -0.444 e. The van der Waals surface area contributed by atoms with Gasteiger partial charge in [0, 0.05) is 50.3 Å². The summed E-state index contributed by atoms with van der Waals surface area (Å²) >= 11 is 1.66. The summed E-state index contributed by atoms with van der Waals surface area (Å²) in [7, 11) is 0. The number of nitrogens with zero attached hydrogens (tertiary/aromatic N) is 5. The number of hydrogen-bond acceptors (Lipinski definition) is 6. The van der Waals surface area contributed by atoms with Gasteiger partial charge in [0.05, 0.1) is 6.54 Å². The highest BCUT2D eigenvalue weighted by Crippen LogP contribution is 2.28. The highest BCUT2D eigenvalue weighted by Gasteiger charge is 2.34. The number of aliphatic imine (C=N–C) groups is 1. The molecule has 0 unspecified atom stereocenters. The van der Waals surface area contributed by atoms with Crippen LogP contribution < -0.4 is 10.6 Å². The molecule has 2 heterocycles. The first-order valence-electron chi connectivity index (χ1n) is 9.52. The number of amides is 1. The van der Waals surface area contributed by atoms with Gasteiger partial charge in [0.1, 0.15) is 5.60 Å². The number of carbonyl (C=O) groups excluding carboxylic acids is 1. The predicted molar refractivity (Wildman–Crippen MR) is 124 cm³/mol. The lowest BCUT2D eigenvalue weighted by Gasteiger charge is -2.35. The monoisotopic (exact) mass is 522 g/mol. The molecule has 1 aromatic heterocycles. The summed E-state index contributed by atoms with van der Waals surface area (Å²) in [4.78, 5) is 27.4. The minimum absolute atomic E-state index is 0. The number of anilines is 1. The second-order valence-electron chi connectivity index (χ2n) is 7.93. The van der Waals surface area contributed by atoms with E-state index < -0.39 is 5.60 Å². The molecule has 0 atom stereocenters. The molecule has 0 spiro atoms. The topological polar surface area (TPSA) is 87.3 Å². The van der Waals surface area contributed by atoms with Crippen LogP contribution in [0.2, 0.25) is 0 Å². The van der Waals surface area contributed by atoms with Crippen LogP contribution in [0.4, 0.5) is 9.93 Å². The van der Waals surface area contributed by atoms with Crippen LogP contribution in [-0.4, -0.2) is 77.7 Å². The Morgan fingerprint density at radius 3 is 2.57 bits per heavy atom. The summed E-state index contributed by atoms with van der Waals surface area (Å²) in [6, 6.07) is 0.290. The number of ether oxygens (including phenoxy) is 1. The molecule has 10 heteroatoms. The molecule has 28 heavy (non-hydrogen) atoms. The van der Waals surface area contributed by atoms with Crippen molar-refractivity contribution in [3.63, 3.8) is 0 Å². The molecule has 2 fully saturated rings. The number of nitrogens with two attached hydrogens (primary N) is 1. The van der Waals surface area contributed by atoms with Crippen molar-refractivity contribution in [2.45, 2.75) is 45.3 Å². The van der Waals surface area contributed by atoms with Crippen LogP contribution in [0, 0.1) is 0 Å². The first-order valence-corrected chi connectivity index (χ1v) is 10.4. The van der Waals surface area contributed by atoms with E-state index in [0.717, 1.165) is 44.2 Å². The fourth-order valence-electron chi connectivity index (χ4n) is 3.00. The maximum absolute atomic E-state index is 12.4. The molecule has 1 aromatic rings. The van der Waals surface area contributed by atoms with E-state index in [1.54, 1.807) is 16.2 Å². The van der Waals surface area contributed by atoms with E-state index in [9.17, 15) is 4.79 Å². The molecule has 158 valence electrons. The fraction of sp³-hybridized carbons (Fsp3) is 0.722. The zero-order valence-corrected chi connectivity index (χ0v) is 20.0. The summed E-state index contributed by atoms with van der Waals surface area (Å²) in [5.41, 5.74) is 5.70. The molecule has 1 aliphatic heterocycles. The van der Waals surface area contributed by atoms with Crippen molar-refractivity contribution in [2.24, 2.45) is 10.7 Å². The number of guanidine groups is 1. The third-order valence-electron chi connectivity index (χ3n) is 4.52. The van der Waals surface area contributed by atoms with Crippen LogP contribution in [0.15, 0.2) is 16.6 Å². The second-order valence-corrected chi connectivity index (χ2v) is 8.81. The number of carbonyl (C=O) groups is 1. The van der Waals surface area contributed by atoms with E-state index in [-0.39, 0.29) is 36.1 Å². The molecule has 1 saturated heterocycles. The van der Waals surface area contributed by atoms with Crippen molar-refractivity contribution < 1.29 is 9.53 Å².